The van der Waals surface area contributed by atoms with Crippen LogP contribution in [0, 0.1) is 0 Å². The fourth-order valence-corrected chi connectivity index (χ4v) is 2.80. The van der Waals surface area contributed by atoms with Crippen molar-refractivity contribution in [3.8, 4) is 11.5 Å². The summed E-state index contributed by atoms with van der Waals surface area (Å²) in [7, 11) is 0. The van der Waals surface area contributed by atoms with Crippen molar-refractivity contribution in [3.63, 3.8) is 0 Å². The van der Waals surface area contributed by atoms with Gasteiger partial charge >= 0.3 is 0 Å². The molecule has 0 aliphatic rings. The Labute approximate surface area is 174 Å². The van der Waals surface area contributed by atoms with Gasteiger partial charge in [-0.15, -0.1) is 0 Å². The lowest BCUT2D eigenvalue weighted by molar-refractivity contribution is 0.580. The van der Waals surface area contributed by atoms with Crippen molar-refractivity contribution >= 4 is 23.7 Å². The summed E-state index contributed by atoms with van der Waals surface area (Å²) in [6, 6.07) is 15.6. The van der Waals surface area contributed by atoms with Crippen LogP contribution < -0.4 is 16.0 Å². The van der Waals surface area contributed by atoms with E-state index in [1.165, 1.54) is 0 Å². The molecule has 9 heteroatoms. The first-order valence-electron chi connectivity index (χ1n) is 9.94. The maximum atomic E-state index is 5.39. The number of nitrogens with zero attached hydrogens (tertiary/aromatic N) is 4. The molecule has 0 aliphatic carbocycles. The second-order valence-electron chi connectivity index (χ2n) is 6.69. The van der Waals surface area contributed by atoms with E-state index >= 15 is 0 Å². The van der Waals surface area contributed by atoms with Crippen molar-refractivity contribution in [2.75, 3.05) is 22.5 Å². The molecular formula is C21H24N8O. The summed E-state index contributed by atoms with van der Waals surface area (Å²) in [6.07, 6.45) is 3.74. The fourth-order valence-electron chi connectivity index (χ4n) is 2.80. The average Bonchev–Trinajstić information content (AvgIpc) is 3.45. The number of benzene rings is 1. The van der Waals surface area contributed by atoms with Crippen molar-refractivity contribution in [3.05, 3.63) is 60.4 Å². The van der Waals surface area contributed by atoms with Gasteiger partial charge in [-0.1, -0.05) is 43.7 Å². The highest BCUT2D eigenvalue weighted by molar-refractivity contribution is 5.60. The molecule has 0 bridgehead atoms. The zero-order valence-corrected chi connectivity index (χ0v) is 16.7. The van der Waals surface area contributed by atoms with Crippen molar-refractivity contribution in [2.24, 2.45) is 0 Å². The van der Waals surface area contributed by atoms with E-state index in [-0.39, 0.29) is 0 Å². The van der Waals surface area contributed by atoms with Gasteiger partial charge in [0.25, 0.3) is 0 Å². The molecule has 4 rings (SSSR count). The predicted octanol–water partition coefficient (Wildman–Crippen LogP) is 4.42. The highest BCUT2D eigenvalue weighted by Crippen LogP contribution is 2.22. The van der Waals surface area contributed by atoms with Crippen LogP contribution in [0.25, 0.3) is 11.5 Å². The van der Waals surface area contributed by atoms with Crippen LogP contribution in [-0.4, -0.2) is 31.7 Å². The Morgan fingerprint density at radius 3 is 2.50 bits per heavy atom. The number of rotatable bonds is 10. The van der Waals surface area contributed by atoms with Crippen molar-refractivity contribution in [2.45, 2.75) is 26.3 Å². The predicted molar refractivity (Wildman–Crippen MR) is 117 cm³/mol. The van der Waals surface area contributed by atoms with E-state index in [0.29, 0.717) is 36.0 Å². The molecule has 9 nitrogen and oxygen atoms in total. The van der Waals surface area contributed by atoms with E-state index < -0.39 is 0 Å². The second kappa shape index (κ2) is 9.55. The molecule has 4 aromatic rings. The largest absolute Gasteiger partial charge is 0.463 e. The maximum absolute atomic E-state index is 5.39. The molecule has 1 aromatic carbocycles. The Balaban J connectivity index is 1.50. The smallest absolute Gasteiger partial charge is 0.235 e. The molecule has 0 spiro atoms. The minimum absolute atomic E-state index is 0.400. The Kier molecular flexibility index (Phi) is 6.19. The SMILES string of the molecule is CCCCNc1nc(NCc2ccccc2)nc(Nc2cc(-c3ccco3)[nH]n2)n1. The zero-order chi connectivity index (χ0) is 20.6. The van der Waals surface area contributed by atoms with Gasteiger partial charge in [0.2, 0.25) is 17.8 Å². The molecule has 0 atom stereocenters. The lowest BCUT2D eigenvalue weighted by Gasteiger charge is -2.10. The summed E-state index contributed by atoms with van der Waals surface area (Å²) in [5.41, 5.74) is 1.91. The van der Waals surface area contributed by atoms with Crippen LogP contribution in [-0.2, 0) is 6.54 Å². The molecule has 154 valence electrons. The van der Waals surface area contributed by atoms with Gasteiger partial charge in [-0.05, 0) is 24.1 Å². The number of anilines is 4. The van der Waals surface area contributed by atoms with Crippen LogP contribution in [0.3, 0.4) is 0 Å². The van der Waals surface area contributed by atoms with Gasteiger partial charge < -0.3 is 20.4 Å². The summed E-state index contributed by atoms with van der Waals surface area (Å²) in [5.74, 6) is 2.69. The first-order chi connectivity index (χ1) is 14.8. The summed E-state index contributed by atoms with van der Waals surface area (Å²) in [4.78, 5) is 13.4. The summed E-state index contributed by atoms with van der Waals surface area (Å²) < 4.78 is 5.39. The third-order valence-corrected chi connectivity index (χ3v) is 4.35. The van der Waals surface area contributed by atoms with Gasteiger partial charge in [0.1, 0.15) is 5.69 Å². The van der Waals surface area contributed by atoms with E-state index in [9.17, 15) is 0 Å². The molecule has 0 unspecified atom stereocenters. The lowest BCUT2D eigenvalue weighted by Crippen LogP contribution is -2.12. The van der Waals surface area contributed by atoms with Crippen LogP contribution in [0.1, 0.15) is 25.3 Å². The van der Waals surface area contributed by atoms with E-state index in [2.05, 4.69) is 48.0 Å². The zero-order valence-electron chi connectivity index (χ0n) is 16.7. The molecule has 0 saturated heterocycles. The van der Waals surface area contributed by atoms with Crippen molar-refractivity contribution < 1.29 is 4.42 Å². The van der Waals surface area contributed by atoms with Gasteiger partial charge in [-0.2, -0.15) is 20.1 Å². The quantitative estimate of drug-likeness (QED) is 0.287. The van der Waals surface area contributed by atoms with Crippen molar-refractivity contribution in [1.82, 2.24) is 25.1 Å². The number of unbranched alkanes of at least 4 members (excludes halogenated alkanes) is 1. The fraction of sp³-hybridized carbons (Fsp3) is 0.238. The molecule has 3 aromatic heterocycles. The summed E-state index contributed by atoms with van der Waals surface area (Å²) >= 11 is 0. The molecule has 0 amide bonds. The topological polar surface area (TPSA) is 117 Å². The molecule has 0 fully saturated rings. The minimum Gasteiger partial charge on any atom is -0.463 e. The van der Waals surface area contributed by atoms with E-state index in [1.54, 1.807) is 6.26 Å². The van der Waals surface area contributed by atoms with Crippen LogP contribution >= 0.6 is 0 Å². The number of furan rings is 1. The minimum atomic E-state index is 0.400. The molecule has 4 N–H and O–H groups in total. The number of hydrogen-bond acceptors (Lipinski definition) is 8. The third-order valence-electron chi connectivity index (χ3n) is 4.35. The van der Waals surface area contributed by atoms with Crippen LogP contribution in [0.2, 0.25) is 0 Å². The maximum Gasteiger partial charge on any atom is 0.235 e. The van der Waals surface area contributed by atoms with Gasteiger partial charge in [0.15, 0.2) is 11.6 Å². The van der Waals surface area contributed by atoms with Crippen LogP contribution in [0.4, 0.5) is 23.7 Å². The first-order valence-corrected chi connectivity index (χ1v) is 9.94. The van der Waals surface area contributed by atoms with Gasteiger partial charge in [-0.25, -0.2) is 0 Å². The normalized spacial score (nSPS) is 10.7. The van der Waals surface area contributed by atoms with Gasteiger partial charge in [0.05, 0.1) is 6.26 Å². The van der Waals surface area contributed by atoms with Crippen LogP contribution in [0.15, 0.2) is 59.2 Å². The molecule has 30 heavy (non-hydrogen) atoms. The van der Waals surface area contributed by atoms with E-state index in [4.69, 9.17) is 4.42 Å². The number of hydrogen-bond donors (Lipinski definition) is 4. The molecular weight excluding hydrogens is 380 g/mol. The Morgan fingerprint density at radius 1 is 0.933 bits per heavy atom. The number of H-pyrrole nitrogens is 1. The van der Waals surface area contributed by atoms with Gasteiger partial charge in [0, 0.05) is 19.2 Å². The van der Waals surface area contributed by atoms with E-state index in [1.807, 2.05) is 48.5 Å². The third kappa shape index (κ3) is 5.13. The molecule has 0 radical (unpaired) electrons. The second-order valence-corrected chi connectivity index (χ2v) is 6.69. The number of nitrogens with one attached hydrogen (secondary N) is 4. The average molecular weight is 404 g/mol. The summed E-state index contributed by atoms with van der Waals surface area (Å²) in [5, 5.41) is 16.8. The van der Waals surface area contributed by atoms with Gasteiger partial charge in [-0.3, -0.25) is 5.10 Å². The number of aromatic nitrogens is 5. The Morgan fingerprint density at radius 2 is 1.73 bits per heavy atom. The summed E-state index contributed by atoms with van der Waals surface area (Å²) in [6.45, 7) is 3.55. The highest BCUT2D eigenvalue weighted by atomic mass is 16.3. The van der Waals surface area contributed by atoms with Crippen molar-refractivity contribution in [1.29, 1.82) is 0 Å². The first kappa shape index (κ1) is 19.4. The Bertz CT molecular complexity index is 1050. The molecule has 3 heterocycles. The highest BCUT2D eigenvalue weighted by Gasteiger charge is 2.10. The number of aromatic amines is 1. The van der Waals surface area contributed by atoms with Crippen LogP contribution in [0.5, 0.6) is 0 Å². The molecule has 0 saturated carbocycles. The Hall–Kier alpha value is -3.88. The lowest BCUT2D eigenvalue weighted by atomic mass is 10.2. The monoisotopic (exact) mass is 404 g/mol. The van der Waals surface area contributed by atoms with E-state index in [0.717, 1.165) is 30.6 Å². The standard InChI is InChI=1S/C21H24N8O/c1-2-3-11-22-19-25-20(23-14-15-8-5-4-6-9-15)27-21(26-19)24-18-13-16(28-29-18)17-10-7-12-30-17/h4-10,12-13H,2-3,11,14H2,1H3,(H4,22,23,24,25,26,27,28,29). The molecule has 0 aliphatic heterocycles.